The van der Waals surface area contributed by atoms with E-state index in [-0.39, 0.29) is 6.04 Å². The molecule has 1 atom stereocenters. The third-order valence-corrected chi connectivity index (χ3v) is 3.25. The zero-order valence-electron chi connectivity index (χ0n) is 10.5. The first kappa shape index (κ1) is 15.6. The zero-order valence-corrected chi connectivity index (χ0v) is 10.5. The van der Waals surface area contributed by atoms with Crippen molar-refractivity contribution in [2.75, 3.05) is 0 Å². The van der Waals surface area contributed by atoms with E-state index in [2.05, 4.69) is 5.32 Å². The molecule has 0 spiro atoms. The van der Waals surface area contributed by atoms with Gasteiger partial charge < -0.3 is 15.7 Å². The Morgan fingerprint density at radius 1 is 1.21 bits per heavy atom. The largest absolute Gasteiger partial charge is 0.481 e. The van der Waals surface area contributed by atoms with Gasteiger partial charge in [0.15, 0.2) is 0 Å². The lowest BCUT2D eigenvalue weighted by molar-refractivity contribution is -0.149. The van der Waals surface area contributed by atoms with Gasteiger partial charge in [0.2, 0.25) is 0 Å². The lowest BCUT2D eigenvalue weighted by Gasteiger charge is -2.27. The van der Waals surface area contributed by atoms with E-state index >= 15 is 0 Å². The predicted octanol–water partition coefficient (Wildman–Crippen LogP) is 1.88. The summed E-state index contributed by atoms with van der Waals surface area (Å²) < 4.78 is 36.7. The van der Waals surface area contributed by atoms with Crippen LogP contribution in [0.3, 0.4) is 0 Å². The molecule has 1 saturated carbocycles. The molecule has 0 saturated heterocycles. The number of aliphatic carboxylic acids is 1. The summed E-state index contributed by atoms with van der Waals surface area (Å²) in [5.41, 5.74) is 0. The van der Waals surface area contributed by atoms with Crippen LogP contribution in [-0.4, -0.2) is 35.4 Å². The number of halogens is 3. The van der Waals surface area contributed by atoms with Crippen LogP contribution in [-0.2, 0) is 4.79 Å². The Morgan fingerprint density at radius 2 is 1.74 bits per heavy atom. The maximum atomic E-state index is 12.2. The number of alkyl halides is 3. The topological polar surface area (TPSA) is 78.4 Å². The number of hydrogen-bond donors (Lipinski definition) is 3. The standard InChI is InChI=1S/C11H17F3N2O3/c1-6(11(12,13)14)15-10(19)16-8-4-2-7(3-5-8)9(17)18/h6-8H,2-5H2,1H3,(H,17,18)(H2,15,16,19). The smallest absolute Gasteiger partial charge is 0.408 e. The molecule has 2 amide bonds. The number of carbonyl (C=O) groups excluding carboxylic acids is 1. The molecule has 0 heterocycles. The van der Waals surface area contributed by atoms with Gasteiger partial charge in [-0.3, -0.25) is 4.79 Å². The summed E-state index contributed by atoms with van der Waals surface area (Å²) in [5.74, 6) is -1.29. The van der Waals surface area contributed by atoms with E-state index in [4.69, 9.17) is 5.11 Å². The first-order valence-electron chi connectivity index (χ1n) is 6.06. The molecule has 110 valence electrons. The molecule has 5 nitrogen and oxygen atoms in total. The zero-order chi connectivity index (χ0) is 14.6. The highest BCUT2D eigenvalue weighted by Gasteiger charge is 2.37. The lowest BCUT2D eigenvalue weighted by atomic mass is 9.86. The molecule has 0 aromatic carbocycles. The number of urea groups is 1. The van der Waals surface area contributed by atoms with Crippen molar-refractivity contribution >= 4 is 12.0 Å². The molecule has 3 N–H and O–H groups in total. The SMILES string of the molecule is CC(NC(=O)NC1CCC(C(=O)O)CC1)C(F)(F)F. The first-order chi connectivity index (χ1) is 8.70. The van der Waals surface area contributed by atoms with Gasteiger partial charge in [-0.1, -0.05) is 0 Å². The van der Waals surface area contributed by atoms with E-state index < -0.39 is 30.1 Å². The number of amides is 2. The number of carboxylic acid groups (broad SMARTS) is 1. The quantitative estimate of drug-likeness (QED) is 0.739. The molecule has 1 fully saturated rings. The van der Waals surface area contributed by atoms with Gasteiger partial charge in [-0.15, -0.1) is 0 Å². The number of hydrogen-bond acceptors (Lipinski definition) is 2. The van der Waals surface area contributed by atoms with Gasteiger partial charge in [0, 0.05) is 6.04 Å². The predicted molar refractivity (Wildman–Crippen MR) is 60.6 cm³/mol. The van der Waals surface area contributed by atoms with Crippen LogP contribution >= 0.6 is 0 Å². The lowest BCUT2D eigenvalue weighted by Crippen LogP contribution is -2.50. The molecule has 0 bridgehead atoms. The monoisotopic (exact) mass is 282 g/mol. The van der Waals surface area contributed by atoms with Crippen molar-refractivity contribution in [1.29, 1.82) is 0 Å². The molecule has 0 radical (unpaired) electrons. The van der Waals surface area contributed by atoms with Crippen molar-refractivity contribution in [1.82, 2.24) is 10.6 Å². The highest BCUT2D eigenvalue weighted by atomic mass is 19.4. The maximum Gasteiger partial charge on any atom is 0.408 e. The van der Waals surface area contributed by atoms with Crippen LogP contribution in [0.1, 0.15) is 32.6 Å². The molecule has 1 aliphatic carbocycles. The average molecular weight is 282 g/mol. The van der Waals surface area contributed by atoms with Crippen molar-refractivity contribution in [2.24, 2.45) is 5.92 Å². The Bertz CT molecular complexity index is 339. The van der Waals surface area contributed by atoms with Crippen molar-refractivity contribution in [3.05, 3.63) is 0 Å². The minimum atomic E-state index is -4.47. The molecule has 8 heteroatoms. The van der Waals surface area contributed by atoms with E-state index in [1.165, 1.54) is 0 Å². The molecule has 1 unspecified atom stereocenters. The Balaban J connectivity index is 2.33. The van der Waals surface area contributed by atoms with Crippen LogP contribution in [0, 0.1) is 5.92 Å². The Morgan fingerprint density at radius 3 is 2.16 bits per heavy atom. The van der Waals surface area contributed by atoms with Gasteiger partial charge >= 0.3 is 18.2 Å². The van der Waals surface area contributed by atoms with Gasteiger partial charge in [-0.05, 0) is 32.6 Å². The third-order valence-electron chi connectivity index (χ3n) is 3.25. The molecule has 0 aliphatic heterocycles. The molecular weight excluding hydrogens is 265 g/mol. The summed E-state index contributed by atoms with van der Waals surface area (Å²) in [6, 6.07) is -3.05. The summed E-state index contributed by atoms with van der Waals surface area (Å²) in [4.78, 5) is 22.1. The number of carboxylic acids is 1. The summed E-state index contributed by atoms with van der Waals surface area (Å²) >= 11 is 0. The van der Waals surface area contributed by atoms with Crippen LogP contribution in [0.5, 0.6) is 0 Å². The summed E-state index contributed by atoms with van der Waals surface area (Å²) in [6.07, 6.45) is -2.70. The van der Waals surface area contributed by atoms with Crippen LogP contribution in [0.2, 0.25) is 0 Å². The molecular formula is C11H17F3N2O3. The molecule has 0 aromatic rings. The number of carbonyl (C=O) groups is 2. The van der Waals surface area contributed by atoms with Crippen LogP contribution < -0.4 is 10.6 Å². The van der Waals surface area contributed by atoms with E-state index in [9.17, 15) is 22.8 Å². The fraction of sp³-hybridized carbons (Fsp3) is 0.818. The number of rotatable bonds is 3. The van der Waals surface area contributed by atoms with E-state index in [1.54, 1.807) is 0 Å². The molecule has 19 heavy (non-hydrogen) atoms. The Kier molecular flexibility index (Phi) is 5.02. The van der Waals surface area contributed by atoms with Crippen molar-refractivity contribution in [2.45, 2.75) is 50.9 Å². The van der Waals surface area contributed by atoms with Gasteiger partial charge in [0.05, 0.1) is 5.92 Å². The fourth-order valence-electron chi connectivity index (χ4n) is 1.99. The van der Waals surface area contributed by atoms with E-state index in [1.807, 2.05) is 5.32 Å². The van der Waals surface area contributed by atoms with E-state index in [0.717, 1.165) is 6.92 Å². The number of nitrogens with one attached hydrogen (secondary N) is 2. The van der Waals surface area contributed by atoms with Crippen LogP contribution in [0.15, 0.2) is 0 Å². The van der Waals surface area contributed by atoms with E-state index in [0.29, 0.717) is 25.7 Å². The summed E-state index contributed by atoms with van der Waals surface area (Å²) in [5, 5.41) is 13.0. The Labute approximate surface area is 108 Å². The second-order valence-corrected chi connectivity index (χ2v) is 4.77. The minimum Gasteiger partial charge on any atom is -0.481 e. The Hall–Kier alpha value is -1.47. The maximum absolute atomic E-state index is 12.2. The first-order valence-corrected chi connectivity index (χ1v) is 6.06. The molecule has 0 aromatic heterocycles. The van der Waals surface area contributed by atoms with Gasteiger partial charge in [-0.2, -0.15) is 13.2 Å². The second-order valence-electron chi connectivity index (χ2n) is 4.77. The third kappa shape index (κ3) is 4.96. The van der Waals surface area contributed by atoms with Crippen LogP contribution in [0.4, 0.5) is 18.0 Å². The average Bonchev–Trinajstić information content (AvgIpc) is 2.28. The van der Waals surface area contributed by atoms with Gasteiger partial charge in [0.25, 0.3) is 0 Å². The second kappa shape index (κ2) is 6.12. The summed E-state index contributed by atoms with van der Waals surface area (Å²) in [7, 11) is 0. The summed E-state index contributed by atoms with van der Waals surface area (Å²) in [6.45, 7) is 0.862. The van der Waals surface area contributed by atoms with Crippen molar-refractivity contribution in [3.8, 4) is 0 Å². The normalized spacial score (nSPS) is 25.5. The molecule has 1 rings (SSSR count). The highest BCUT2D eigenvalue weighted by molar-refractivity contribution is 5.74. The molecule has 1 aliphatic rings. The minimum absolute atomic E-state index is 0.268. The highest BCUT2D eigenvalue weighted by Crippen LogP contribution is 2.24. The fourth-order valence-corrected chi connectivity index (χ4v) is 1.99. The van der Waals surface area contributed by atoms with Gasteiger partial charge in [-0.25, -0.2) is 4.79 Å². The van der Waals surface area contributed by atoms with Crippen molar-refractivity contribution in [3.63, 3.8) is 0 Å². The van der Waals surface area contributed by atoms with Crippen LogP contribution in [0.25, 0.3) is 0 Å². The van der Waals surface area contributed by atoms with Gasteiger partial charge in [0.1, 0.15) is 6.04 Å². The van der Waals surface area contributed by atoms with Crippen molar-refractivity contribution < 1.29 is 27.9 Å².